The van der Waals surface area contributed by atoms with Crippen molar-refractivity contribution in [2.75, 3.05) is 6.61 Å². The number of hydrogen-bond acceptors (Lipinski definition) is 1. The Morgan fingerprint density at radius 3 is 2.56 bits per heavy atom. The molecule has 0 aliphatic rings. The zero-order chi connectivity index (χ0) is 13.3. The van der Waals surface area contributed by atoms with E-state index in [1.807, 2.05) is 0 Å². The van der Waals surface area contributed by atoms with E-state index in [0.29, 0.717) is 0 Å². The molecule has 0 radical (unpaired) electrons. The maximum absolute atomic E-state index is 8.94. The van der Waals surface area contributed by atoms with Crippen LogP contribution < -0.4 is 0 Å². The smallest absolute Gasteiger partial charge is 0.0483 e. The number of hydrogen-bond donors (Lipinski definition) is 1. The molecule has 0 atom stereocenters. The molecule has 0 saturated heterocycles. The van der Waals surface area contributed by atoms with Crippen LogP contribution in [0.5, 0.6) is 0 Å². The maximum atomic E-state index is 8.94. The van der Waals surface area contributed by atoms with E-state index in [4.69, 9.17) is 5.11 Å². The molecule has 2 aromatic rings. The zero-order valence-electron chi connectivity index (χ0n) is 11.8. The van der Waals surface area contributed by atoms with Crippen molar-refractivity contribution in [3.63, 3.8) is 0 Å². The van der Waals surface area contributed by atoms with E-state index in [-0.39, 0.29) is 12.0 Å². The van der Waals surface area contributed by atoms with Gasteiger partial charge in [-0.05, 0) is 42.0 Å². The summed E-state index contributed by atoms with van der Waals surface area (Å²) >= 11 is 0. The third kappa shape index (κ3) is 2.44. The monoisotopic (exact) mass is 245 g/mol. The van der Waals surface area contributed by atoms with Gasteiger partial charge >= 0.3 is 0 Å². The first-order valence-corrected chi connectivity index (χ1v) is 6.64. The second-order valence-electron chi connectivity index (χ2n) is 6.06. The minimum absolute atomic E-state index is 0.188. The Bertz CT molecular complexity index is 546. The van der Waals surface area contributed by atoms with Crippen LogP contribution in [0.25, 0.3) is 10.9 Å². The minimum Gasteiger partial charge on any atom is -0.396 e. The second kappa shape index (κ2) is 4.77. The topological polar surface area (TPSA) is 25.2 Å². The van der Waals surface area contributed by atoms with Crippen molar-refractivity contribution in [2.45, 2.75) is 46.1 Å². The number of benzene rings is 1. The molecule has 1 aromatic carbocycles. The summed E-state index contributed by atoms with van der Waals surface area (Å²) in [7, 11) is 0. The maximum Gasteiger partial charge on any atom is 0.0483 e. The molecule has 0 bridgehead atoms. The van der Waals surface area contributed by atoms with Crippen molar-refractivity contribution in [2.24, 2.45) is 0 Å². The predicted molar refractivity (Wildman–Crippen MR) is 77.1 cm³/mol. The fourth-order valence-electron chi connectivity index (χ4n) is 2.37. The van der Waals surface area contributed by atoms with Crippen molar-refractivity contribution in [1.82, 2.24) is 4.57 Å². The first-order valence-electron chi connectivity index (χ1n) is 6.64. The van der Waals surface area contributed by atoms with Crippen LogP contribution in [0.1, 0.15) is 38.3 Å². The molecule has 0 unspecified atom stereocenters. The number of nitrogens with zero attached hydrogens (tertiary/aromatic N) is 1. The number of aliphatic hydroxyl groups excluding tert-OH is 1. The zero-order valence-corrected chi connectivity index (χ0v) is 11.8. The summed E-state index contributed by atoms with van der Waals surface area (Å²) in [6, 6.07) is 6.73. The molecule has 1 heterocycles. The Hall–Kier alpha value is -1.28. The van der Waals surface area contributed by atoms with Crippen LogP contribution in [-0.4, -0.2) is 16.3 Å². The number of aromatic nitrogens is 1. The summed E-state index contributed by atoms with van der Waals surface area (Å²) in [5.41, 5.74) is 4.15. The molecule has 0 aliphatic carbocycles. The van der Waals surface area contributed by atoms with Gasteiger partial charge in [-0.2, -0.15) is 0 Å². The Labute approximate surface area is 109 Å². The summed E-state index contributed by atoms with van der Waals surface area (Å²) in [5, 5.41) is 10.3. The van der Waals surface area contributed by atoms with Crippen molar-refractivity contribution < 1.29 is 5.11 Å². The fraction of sp³-hybridized carbons (Fsp3) is 0.500. The van der Waals surface area contributed by atoms with Crippen molar-refractivity contribution in [3.05, 3.63) is 35.5 Å². The van der Waals surface area contributed by atoms with Crippen LogP contribution >= 0.6 is 0 Å². The van der Waals surface area contributed by atoms with Gasteiger partial charge in [0.15, 0.2) is 0 Å². The van der Waals surface area contributed by atoms with Crippen molar-refractivity contribution in [3.8, 4) is 0 Å². The standard InChI is InChI=1S/C16H23NO/c1-12-11-17(8-5-9-18)15-7-6-13(10-14(12)15)16(2,3)4/h6-7,10-11,18H,5,8-9H2,1-4H3. The SMILES string of the molecule is Cc1cn(CCCO)c2ccc(C(C)(C)C)cc12. The van der Waals surface area contributed by atoms with Gasteiger partial charge in [0, 0.05) is 30.3 Å². The van der Waals surface area contributed by atoms with Crippen LogP contribution in [0.15, 0.2) is 24.4 Å². The molecule has 1 N–H and O–H groups in total. The summed E-state index contributed by atoms with van der Waals surface area (Å²) in [6.45, 7) is 10.0. The van der Waals surface area contributed by atoms with Gasteiger partial charge in [-0.1, -0.05) is 26.8 Å². The van der Waals surface area contributed by atoms with E-state index in [1.165, 1.54) is 22.0 Å². The van der Waals surface area contributed by atoms with E-state index >= 15 is 0 Å². The van der Waals surface area contributed by atoms with Gasteiger partial charge in [0.2, 0.25) is 0 Å². The van der Waals surface area contributed by atoms with E-state index in [1.54, 1.807) is 0 Å². The highest BCUT2D eigenvalue weighted by Crippen LogP contribution is 2.28. The van der Waals surface area contributed by atoms with Crippen LogP contribution in [0, 0.1) is 6.92 Å². The Kier molecular flexibility index (Phi) is 3.49. The number of aliphatic hydroxyl groups is 1. The molecule has 0 aliphatic heterocycles. The normalized spacial score (nSPS) is 12.3. The summed E-state index contributed by atoms with van der Waals surface area (Å²) in [5.74, 6) is 0. The molecule has 0 amide bonds. The molecule has 18 heavy (non-hydrogen) atoms. The Balaban J connectivity index is 2.49. The van der Waals surface area contributed by atoms with Crippen LogP contribution in [0.4, 0.5) is 0 Å². The lowest BCUT2D eigenvalue weighted by Crippen LogP contribution is -2.10. The van der Waals surface area contributed by atoms with Gasteiger partial charge in [0.1, 0.15) is 0 Å². The molecule has 2 nitrogen and oxygen atoms in total. The van der Waals surface area contributed by atoms with Gasteiger partial charge < -0.3 is 9.67 Å². The van der Waals surface area contributed by atoms with E-state index in [0.717, 1.165) is 13.0 Å². The summed E-state index contributed by atoms with van der Waals surface area (Å²) in [4.78, 5) is 0. The molecule has 2 rings (SSSR count). The lowest BCUT2D eigenvalue weighted by molar-refractivity contribution is 0.280. The second-order valence-corrected chi connectivity index (χ2v) is 6.06. The minimum atomic E-state index is 0.188. The van der Waals surface area contributed by atoms with Gasteiger partial charge in [-0.3, -0.25) is 0 Å². The summed E-state index contributed by atoms with van der Waals surface area (Å²) < 4.78 is 2.24. The van der Waals surface area contributed by atoms with Crippen LogP contribution in [-0.2, 0) is 12.0 Å². The first-order chi connectivity index (χ1) is 8.43. The van der Waals surface area contributed by atoms with Crippen molar-refractivity contribution in [1.29, 1.82) is 0 Å². The predicted octanol–water partition coefficient (Wildman–Crippen LogP) is 3.63. The molecular weight excluding hydrogens is 222 g/mol. The lowest BCUT2D eigenvalue weighted by atomic mass is 9.86. The molecular formula is C16H23NO. The van der Waals surface area contributed by atoms with E-state index < -0.39 is 0 Å². The van der Waals surface area contributed by atoms with Gasteiger partial charge in [0.05, 0.1) is 0 Å². The van der Waals surface area contributed by atoms with Gasteiger partial charge in [-0.15, -0.1) is 0 Å². The van der Waals surface area contributed by atoms with Crippen LogP contribution in [0.2, 0.25) is 0 Å². The van der Waals surface area contributed by atoms with E-state index in [2.05, 4.69) is 56.7 Å². The molecule has 2 heteroatoms. The van der Waals surface area contributed by atoms with Crippen LogP contribution in [0.3, 0.4) is 0 Å². The van der Waals surface area contributed by atoms with Gasteiger partial charge in [-0.25, -0.2) is 0 Å². The molecule has 0 spiro atoms. The molecule has 98 valence electrons. The lowest BCUT2D eigenvalue weighted by Gasteiger charge is -2.19. The molecule has 0 saturated carbocycles. The number of aryl methyl sites for hydroxylation is 2. The summed E-state index contributed by atoms with van der Waals surface area (Å²) in [6.07, 6.45) is 3.00. The molecule has 1 aromatic heterocycles. The van der Waals surface area contributed by atoms with Crippen molar-refractivity contribution >= 4 is 10.9 Å². The highest BCUT2D eigenvalue weighted by atomic mass is 16.3. The Morgan fingerprint density at radius 1 is 1.22 bits per heavy atom. The average molecular weight is 245 g/mol. The average Bonchev–Trinajstić information content (AvgIpc) is 2.62. The third-order valence-corrected chi connectivity index (χ3v) is 3.50. The molecule has 0 fully saturated rings. The fourth-order valence-corrected chi connectivity index (χ4v) is 2.37. The largest absolute Gasteiger partial charge is 0.396 e. The highest BCUT2D eigenvalue weighted by molar-refractivity contribution is 5.84. The quantitative estimate of drug-likeness (QED) is 0.877. The highest BCUT2D eigenvalue weighted by Gasteiger charge is 2.15. The van der Waals surface area contributed by atoms with Gasteiger partial charge in [0.25, 0.3) is 0 Å². The third-order valence-electron chi connectivity index (χ3n) is 3.50. The number of fused-ring (bicyclic) bond motifs is 1. The Morgan fingerprint density at radius 2 is 1.94 bits per heavy atom. The number of rotatable bonds is 3. The van der Waals surface area contributed by atoms with E-state index in [9.17, 15) is 0 Å². The first kappa shape index (κ1) is 13.2.